The van der Waals surface area contributed by atoms with Gasteiger partial charge in [0, 0.05) is 6.54 Å². The van der Waals surface area contributed by atoms with Crippen molar-refractivity contribution in [2.24, 2.45) is 11.8 Å². The first-order valence-electron chi connectivity index (χ1n) is 16.4. The van der Waals surface area contributed by atoms with Crippen molar-refractivity contribution in [2.45, 2.75) is 72.1 Å². The fourth-order valence-electron chi connectivity index (χ4n) is 6.14. The maximum atomic E-state index is 14.4. The van der Waals surface area contributed by atoms with Crippen LogP contribution in [0.15, 0.2) is 90.5 Å². The third-order valence-corrected chi connectivity index (χ3v) is 8.74. The molecule has 1 unspecified atom stereocenters. The highest BCUT2D eigenvalue weighted by atomic mass is 16.6. The Labute approximate surface area is 277 Å². The van der Waals surface area contributed by atoms with E-state index in [1.54, 1.807) is 29.2 Å². The van der Waals surface area contributed by atoms with E-state index in [1.807, 2.05) is 95.3 Å². The Morgan fingerprint density at radius 1 is 0.872 bits per heavy atom. The van der Waals surface area contributed by atoms with Crippen molar-refractivity contribution in [2.75, 3.05) is 13.1 Å². The predicted molar refractivity (Wildman–Crippen MR) is 180 cm³/mol. The molecule has 3 atom stereocenters. The lowest BCUT2D eigenvalue weighted by atomic mass is 9.93. The lowest BCUT2D eigenvalue weighted by molar-refractivity contribution is -0.167. The predicted octanol–water partition coefficient (Wildman–Crippen LogP) is 6.64. The number of esters is 1. The number of nitrogens with zero attached hydrogens (tertiary/aromatic N) is 2. The van der Waals surface area contributed by atoms with Crippen LogP contribution >= 0.6 is 0 Å². The van der Waals surface area contributed by atoms with E-state index in [2.05, 4.69) is 0 Å². The molecule has 0 radical (unpaired) electrons. The fourth-order valence-corrected chi connectivity index (χ4v) is 6.14. The van der Waals surface area contributed by atoms with E-state index in [1.165, 1.54) is 4.90 Å². The quantitative estimate of drug-likeness (QED) is 0.133. The van der Waals surface area contributed by atoms with E-state index < -0.39 is 23.5 Å². The Balaban J connectivity index is 1.41. The van der Waals surface area contributed by atoms with Gasteiger partial charge in [-0.25, -0.2) is 4.79 Å². The smallest absolute Gasteiger partial charge is 0.329 e. The molecule has 47 heavy (non-hydrogen) atoms. The van der Waals surface area contributed by atoms with Gasteiger partial charge in [0.1, 0.15) is 24.0 Å². The molecule has 3 amide bonds. The Morgan fingerprint density at radius 2 is 1.49 bits per heavy atom. The number of imide groups is 1. The molecule has 8 heteroatoms. The number of rotatable bonds is 11. The summed E-state index contributed by atoms with van der Waals surface area (Å²) in [6.07, 6.45) is 3.37. The fraction of sp³-hybridized carbons (Fsp3) is 0.385. The van der Waals surface area contributed by atoms with Gasteiger partial charge in [-0.15, -0.1) is 0 Å². The molecule has 2 heterocycles. The SMILES string of the molecule is CC[C@H](C)[C@@H](C(=O)OC(C)(C)C)N1CCC(CN2C(=O)c3ccccc3C2=O)=CC(Cc2ccc(OCc3ccccc3)cc2)C1=O. The summed E-state index contributed by atoms with van der Waals surface area (Å²) < 4.78 is 11.8. The Kier molecular flexibility index (Phi) is 10.3. The summed E-state index contributed by atoms with van der Waals surface area (Å²) in [6.45, 7) is 10.2. The number of benzene rings is 3. The molecule has 246 valence electrons. The first-order chi connectivity index (χ1) is 22.4. The van der Waals surface area contributed by atoms with Crippen molar-refractivity contribution in [3.8, 4) is 5.75 Å². The monoisotopic (exact) mass is 636 g/mol. The molecule has 3 aromatic rings. The molecule has 8 nitrogen and oxygen atoms in total. The topological polar surface area (TPSA) is 93.2 Å². The van der Waals surface area contributed by atoms with Gasteiger partial charge in [0.15, 0.2) is 0 Å². The maximum absolute atomic E-state index is 14.4. The van der Waals surface area contributed by atoms with Crippen LogP contribution in [-0.4, -0.2) is 58.2 Å². The highest BCUT2D eigenvalue weighted by Gasteiger charge is 2.41. The van der Waals surface area contributed by atoms with E-state index >= 15 is 0 Å². The van der Waals surface area contributed by atoms with Crippen LogP contribution in [0.5, 0.6) is 5.75 Å². The van der Waals surface area contributed by atoms with Gasteiger partial charge >= 0.3 is 5.97 Å². The second-order valence-electron chi connectivity index (χ2n) is 13.4. The van der Waals surface area contributed by atoms with E-state index in [9.17, 15) is 19.2 Å². The molecule has 0 aromatic heterocycles. The molecule has 2 aliphatic heterocycles. The van der Waals surface area contributed by atoms with Gasteiger partial charge < -0.3 is 14.4 Å². The lowest BCUT2D eigenvalue weighted by Crippen LogP contribution is -2.52. The standard InChI is InChI=1S/C39H44N2O6/c1-6-26(2)34(38(45)47-39(3,4)5)40-21-20-29(24-41-36(43)32-14-10-11-15-33(32)37(41)44)23-30(35(40)42)22-27-16-18-31(19-17-27)46-25-28-12-8-7-9-13-28/h7-19,23,26,30,34H,6,20-22,24-25H2,1-5H3/t26-,30?,34-/m0/s1. The summed E-state index contributed by atoms with van der Waals surface area (Å²) in [5.74, 6) is -1.33. The van der Waals surface area contributed by atoms with Crippen LogP contribution in [0.25, 0.3) is 0 Å². The highest BCUT2D eigenvalue weighted by Crippen LogP contribution is 2.30. The van der Waals surface area contributed by atoms with E-state index in [0.29, 0.717) is 37.0 Å². The average molecular weight is 637 g/mol. The van der Waals surface area contributed by atoms with Crippen molar-refractivity contribution in [3.63, 3.8) is 0 Å². The van der Waals surface area contributed by atoms with Crippen molar-refractivity contribution in [3.05, 3.63) is 113 Å². The van der Waals surface area contributed by atoms with Gasteiger partial charge in [0.05, 0.1) is 23.6 Å². The summed E-state index contributed by atoms with van der Waals surface area (Å²) in [5, 5.41) is 0. The lowest BCUT2D eigenvalue weighted by Gasteiger charge is -2.36. The molecular weight excluding hydrogens is 592 g/mol. The third kappa shape index (κ3) is 7.99. The summed E-state index contributed by atoms with van der Waals surface area (Å²) >= 11 is 0. The number of ether oxygens (including phenoxy) is 2. The normalized spacial score (nSPS) is 17.9. The number of amides is 3. The number of hydrogen-bond donors (Lipinski definition) is 0. The molecule has 0 aliphatic carbocycles. The van der Waals surface area contributed by atoms with Crippen LogP contribution in [0.1, 0.15) is 79.3 Å². The molecule has 0 spiro atoms. The van der Waals surface area contributed by atoms with Gasteiger partial charge in [-0.2, -0.15) is 0 Å². The average Bonchev–Trinajstić information content (AvgIpc) is 3.18. The second-order valence-corrected chi connectivity index (χ2v) is 13.4. The Morgan fingerprint density at radius 3 is 2.09 bits per heavy atom. The summed E-state index contributed by atoms with van der Waals surface area (Å²) in [6, 6.07) is 23.6. The summed E-state index contributed by atoms with van der Waals surface area (Å²) in [4.78, 5) is 57.4. The van der Waals surface area contributed by atoms with Gasteiger partial charge in [-0.05, 0) is 74.9 Å². The molecule has 2 aliphatic rings. The molecular formula is C39H44N2O6. The van der Waals surface area contributed by atoms with E-state index in [4.69, 9.17) is 9.47 Å². The molecule has 5 rings (SSSR count). The van der Waals surface area contributed by atoms with Crippen molar-refractivity contribution >= 4 is 23.7 Å². The van der Waals surface area contributed by atoms with E-state index in [0.717, 1.165) is 22.4 Å². The molecule has 0 bridgehead atoms. The van der Waals surface area contributed by atoms with Crippen LogP contribution in [0, 0.1) is 11.8 Å². The van der Waals surface area contributed by atoms with Crippen LogP contribution < -0.4 is 4.74 Å². The molecule has 0 saturated carbocycles. The first-order valence-corrected chi connectivity index (χ1v) is 16.4. The van der Waals surface area contributed by atoms with Gasteiger partial charge in [0.2, 0.25) is 5.91 Å². The van der Waals surface area contributed by atoms with Crippen LogP contribution in [0.2, 0.25) is 0 Å². The zero-order chi connectivity index (χ0) is 33.7. The molecule has 0 fully saturated rings. The van der Waals surface area contributed by atoms with Gasteiger partial charge in [-0.1, -0.05) is 86.5 Å². The second kappa shape index (κ2) is 14.4. The minimum atomic E-state index is -0.768. The Hall–Kier alpha value is -4.72. The number of hydrogen-bond acceptors (Lipinski definition) is 6. The zero-order valence-electron chi connectivity index (χ0n) is 27.9. The minimum absolute atomic E-state index is 0.0800. The first kappa shape index (κ1) is 33.6. The molecule has 0 N–H and O–H groups in total. The number of fused-ring (bicyclic) bond motifs is 1. The third-order valence-electron chi connectivity index (χ3n) is 8.74. The summed E-state index contributed by atoms with van der Waals surface area (Å²) in [7, 11) is 0. The van der Waals surface area contributed by atoms with Crippen molar-refractivity contribution < 1.29 is 28.7 Å². The van der Waals surface area contributed by atoms with Crippen LogP contribution in [0.4, 0.5) is 0 Å². The summed E-state index contributed by atoms with van der Waals surface area (Å²) in [5.41, 5.74) is 2.85. The largest absolute Gasteiger partial charge is 0.489 e. The van der Waals surface area contributed by atoms with Crippen molar-refractivity contribution in [1.82, 2.24) is 9.80 Å². The van der Waals surface area contributed by atoms with E-state index in [-0.39, 0.29) is 36.7 Å². The van der Waals surface area contributed by atoms with Crippen LogP contribution in [-0.2, 0) is 27.4 Å². The molecule has 0 saturated heterocycles. The minimum Gasteiger partial charge on any atom is -0.489 e. The Bertz CT molecular complexity index is 1600. The maximum Gasteiger partial charge on any atom is 0.329 e. The number of carbonyl (C=O) groups excluding carboxylic acids is 4. The van der Waals surface area contributed by atoms with Crippen molar-refractivity contribution in [1.29, 1.82) is 0 Å². The molecule has 3 aromatic carbocycles. The number of carbonyl (C=O) groups is 4. The van der Waals surface area contributed by atoms with Gasteiger partial charge in [-0.3, -0.25) is 19.3 Å². The van der Waals surface area contributed by atoms with Crippen LogP contribution in [0.3, 0.4) is 0 Å². The zero-order valence-corrected chi connectivity index (χ0v) is 27.9. The van der Waals surface area contributed by atoms with Gasteiger partial charge in [0.25, 0.3) is 11.8 Å². The highest BCUT2D eigenvalue weighted by molar-refractivity contribution is 6.21.